The number of aromatic hydroxyl groups is 4. The van der Waals surface area contributed by atoms with Crippen LogP contribution >= 0.6 is 0 Å². The van der Waals surface area contributed by atoms with Crippen molar-refractivity contribution >= 4 is 12.5 Å². The van der Waals surface area contributed by atoms with Gasteiger partial charge in [-0.1, -0.05) is 41.5 Å². The first-order valence-corrected chi connectivity index (χ1v) is 15.7. The molecular weight excluding hydrogens is 592 g/mol. The van der Waals surface area contributed by atoms with Crippen LogP contribution in [0.2, 0.25) is 0 Å². The molecule has 3 aromatic carbocycles. The maximum Gasteiger partial charge on any atom is 0.238 e. The summed E-state index contributed by atoms with van der Waals surface area (Å²) in [6.45, 7) is 11.2. The molecule has 0 heterocycles. The van der Waals surface area contributed by atoms with Gasteiger partial charge >= 0.3 is 0 Å². The number of phenols is 4. The molecule has 10 heteroatoms. The van der Waals surface area contributed by atoms with Crippen LogP contribution in [0.1, 0.15) is 113 Å². The van der Waals surface area contributed by atoms with Gasteiger partial charge in [0.05, 0.1) is 33.4 Å². The molecule has 4 atom stereocenters. The number of aliphatic hydroxyl groups is 2. The lowest BCUT2D eigenvalue weighted by Crippen LogP contribution is -2.44. The molecule has 0 bridgehead atoms. The number of phenolic OH excluding ortho intramolecular Hbond substituents is 4. The van der Waals surface area contributed by atoms with Crippen LogP contribution in [0.3, 0.4) is 0 Å². The summed E-state index contributed by atoms with van der Waals surface area (Å²) in [4.78, 5) is 56.7. The van der Waals surface area contributed by atoms with E-state index in [1.54, 1.807) is 13.8 Å². The van der Waals surface area contributed by atoms with Gasteiger partial charge in [0, 0.05) is 21.6 Å². The molecule has 0 saturated carbocycles. The minimum Gasteiger partial charge on any atom is -0.515 e. The predicted molar refractivity (Wildman–Crippen MR) is 173 cm³/mol. The van der Waals surface area contributed by atoms with E-state index in [0.29, 0.717) is 49.3 Å². The lowest BCUT2D eigenvalue weighted by atomic mass is 9.71. The average Bonchev–Trinajstić information content (AvgIpc) is 3.00. The Labute approximate surface area is 263 Å². The van der Waals surface area contributed by atoms with Crippen LogP contribution in [0.15, 0.2) is 19.2 Å². The molecule has 0 aliphatic heterocycles. The van der Waals surface area contributed by atoms with E-state index >= 15 is 0 Å². The molecule has 3 aromatic rings. The van der Waals surface area contributed by atoms with E-state index in [-0.39, 0.29) is 57.1 Å². The molecule has 0 saturated heterocycles. The molecule has 46 heavy (non-hydrogen) atoms. The maximum atomic E-state index is 14.2. The smallest absolute Gasteiger partial charge is 0.238 e. The van der Waals surface area contributed by atoms with Crippen molar-refractivity contribution in [3.05, 3.63) is 94.5 Å². The largest absolute Gasteiger partial charge is 0.515 e. The fraction of sp³-hybridized carbons (Fsp3) is 0.444. The molecule has 244 valence electrons. The third-order valence-corrected chi connectivity index (χ3v) is 10.4. The first-order chi connectivity index (χ1) is 21.6. The second-order valence-corrected chi connectivity index (χ2v) is 13.6. The lowest BCUT2D eigenvalue weighted by molar-refractivity contribution is 0.364. The van der Waals surface area contributed by atoms with E-state index in [2.05, 4.69) is 0 Å². The van der Waals surface area contributed by atoms with Gasteiger partial charge in [0.15, 0.2) is 23.0 Å². The van der Waals surface area contributed by atoms with E-state index in [4.69, 9.17) is 0 Å². The highest BCUT2D eigenvalue weighted by molar-refractivity contribution is 5.58. The standard InChI is InChI=1S/C36H40O10/c1-13(2)17-9-7-15(5)21-23(17)25(19(11-37)29(39)31(21)41)27-33(43)35(45)28(36(46)34(27)44)26-20(12-38)30(40)32(42)22-16(6)8-10-18(14(3)4)24(22)26/h11-18,37-42H,7-10H2,1-6H3/b19-11-,20-12-,27-25?,28-26?/t15-,16-,17+,18+/m0/s1. The number of rotatable bonds is 2. The topological polar surface area (TPSA) is 190 Å². The van der Waals surface area contributed by atoms with Gasteiger partial charge in [0.2, 0.25) is 21.7 Å². The fourth-order valence-electron chi connectivity index (χ4n) is 8.00. The van der Waals surface area contributed by atoms with Gasteiger partial charge in [0.1, 0.15) is 0 Å². The Kier molecular flexibility index (Phi) is 8.30. The first-order valence-electron chi connectivity index (χ1n) is 15.7. The number of fused-ring (bicyclic) bond motifs is 2. The van der Waals surface area contributed by atoms with E-state index in [1.165, 1.54) is 0 Å². The van der Waals surface area contributed by atoms with Crippen LogP contribution in [-0.4, -0.2) is 30.6 Å². The van der Waals surface area contributed by atoms with Crippen molar-refractivity contribution < 1.29 is 30.6 Å². The van der Waals surface area contributed by atoms with Gasteiger partial charge in [-0.3, -0.25) is 19.2 Å². The SMILES string of the molecule is CC(C)[C@H]1CC[C@H](C)c2c(O)c(O)/c(=C\O)c(=c3c(=O)c(=O)c(=c4c5c(c(O)c(O)/c4=C\O)[C@@H](C)CC[C@@H]5C(C)C)c(=O)c3=O)c21. The second kappa shape index (κ2) is 11.6. The van der Waals surface area contributed by atoms with Gasteiger partial charge in [-0.25, -0.2) is 0 Å². The van der Waals surface area contributed by atoms with Crippen molar-refractivity contribution in [2.45, 2.75) is 90.9 Å². The zero-order valence-corrected chi connectivity index (χ0v) is 26.8. The van der Waals surface area contributed by atoms with Crippen LogP contribution in [0.25, 0.3) is 12.5 Å². The Bertz CT molecular complexity index is 2100. The summed E-state index contributed by atoms with van der Waals surface area (Å²) in [6, 6.07) is 0. The van der Waals surface area contributed by atoms with E-state index in [9.17, 15) is 49.8 Å². The highest BCUT2D eigenvalue weighted by atomic mass is 16.3. The highest BCUT2D eigenvalue weighted by Gasteiger charge is 2.35. The van der Waals surface area contributed by atoms with Crippen LogP contribution in [0.4, 0.5) is 0 Å². The van der Waals surface area contributed by atoms with E-state index in [1.807, 2.05) is 27.7 Å². The summed E-state index contributed by atoms with van der Waals surface area (Å²) in [6.07, 6.45) is 3.25. The van der Waals surface area contributed by atoms with Crippen LogP contribution in [0.5, 0.6) is 23.0 Å². The maximum absolute atomic E-state index is 14.2. The number of hydrogen-bond donors (Lipinski definition) is 6. The number of hydrogen-bond acceptors (Lipinski definition) is 10. The summed E-state index contributed by atoms with van der Waals surface area (Å²) >= 11 is 0. The molecule has 6 N–H and O–H groups in total. The molecule has 0 radical (unpaired) electrons. The van der Waals surface area contributed by atoms with Gasteiger partial charge in [0.25, 0.3) is 0 Å². The Balaban J connectivity index is 2.26. The molecule has 0 aromatic heterocycles. The third kappa shape index (κ3) is 4.52. The molecule has 10 nitrogen and oxygen atoms in total. The van der Waals surface area contributed by atoms with Crippen molar-refractivity contribution in [2.75, 3.05) is 0 Å². The average molecular weight is 633 g/mol. The van der Waals surface area contributed by atoms with Crippen LogP contribution < -0.4 is 32.2 Å². The van der Waals surface area contributed by atoms with Crippen molar-refractivity contribution in [3.63, 3.8) is 0 Å². The second-order valence-electron chi connectivity index (χ2n) is 13.6. The molecule has 0 amide bonds. The van der Waals surface area contributed by atoms with Crippen molar-refractivity contribution in [2.24, 2.45) is 11.8 Å². The summed E-state index contributed by atoms with van der Waals surface area (Å²) < 4.78 is 0. The van der Waals surface area contributed by atoms with Crippen LogP contribution in [-0.2, 0) is 0 Å². The summed E-state index contributed by atoms with van der Waals surface area (Å²) in [5, 5.41) is 61.4. The lowest BCUT2D eigenvalue weighted by Gasteiger charge is -2.33. The zero-order valence-electron chi connectivity index (χ0n) is 26.8. The van der Waals surface area contributed by atoms with Crippen molar-refractivity contribution in [1.29, 1.82) is 0 Å². The minimum absolute atomic E-state index is 0.0903. The highest BCUT2D eigenvalue weighted by Crippen LogP contribution is 2.49. The fourth-order valence-corrected chi connectivity index (χ4v) is 8.00. The normalized spacial score (nSPS) is 22.0. The van der Waals surface area contributed by atoms with Gasteiger partial charge < -0.3 is 30.6 Å². The Morgan fingerprint density at radius 3 is 1.07 bits per heavy atom. The van der Waals surface area contributed by atoms with Gasteiger partial charge in [-0.2, -0.15) is 0 Å². The summed E-state index contributed by atoms with van der Waals surface area (Å²) in [5.41, 5.74) is -4.32. The molecule has 0 fully saturated rings. The van der Waals surface area contributed by atoms with Crippen molar-refractivity contribution in [1.82, 2.24) is 0 Å². The molecule has 5 rings (SSSR count). The molecule has 0 unspecified atom stereocenters. The molecule has 2 aliphatic rings. The molecule has 0 spiro atoms. The third-order valence-electron chi connectivity index (χ3n) is 10.4. The Hall–Kier alpha value is -4.60. The number of benzene rings is 3. The van der Waals surface area contributed by atoms with Gasteiger partial charge in [-0.15, -0.1) is 0 Å². The van der Waals surface area contributed by atoms with E-state index in [0.717, 1.165) is 0 Å². The first kappa shape index (κ1) is 32.8. The quantitative estimate of drug-likeness (QED) is 0.181. The Morgan fingerprint density at radius 1 is 0.500 bits per heavy atom. The van der Waals surface area contributed by atoms with Crippen molar-refractivity contribution in [3.8, 4) is 23.0 Å². The predicted octanol–water partition coefficient (Wildman–Crippen LogP) is 3.27. The Morgan fingerprint density at radius 2 is 0.804 bits per heavy atom. The number of aliphatic hydroxyl groups excluding tert-OH is 2. The minimum atomic E-state index is -1.37. The van der Waals surface area contributed by atoms with E-state index < -0.39 is 65.6 Å². The molecular formula is C36H40O10. The van der Waals surface area contributed by atoms with Crippen LogP contribution in [0, 0.1) is 32.7 Å². The summed E-state index contributed by atoms with van der Waals surface area (Å²) in [7, 11) is 0. The monoisotopic (exact) mass is 632 g/mol. The molecule has 2 aliphatic carbocycles. The van der Waals surface area contributed by atoms with Gasteiger partial charge in [-0.05, 0) is 72.3 Å². The zero-order chi connectivity index (χ0) is 34.1. The summed E-state index contributed by atoms with van der Waals surface area (Å²) in [5.74, 6) is -4.16.